The predicted octanol–water partition coefficient (Wildman–Crippen LogP) is 2.14. The van der Waals surface area contributed by atoms with Crippen LogP contribution in [0.5, 0.6) is 0 Å². The van der Waals surface area contributed by atoms with Crippen LogP contribution >= 0.6 is 8.15 Å². The molecule has 0 radical (unpaired) electrons. The predicted molar refractivity (Wildman–Crippen MR) is 38.6 cm³/mol. The molecule has 1 aliphatic heterocycles. The second kappa shape index (κ2) is 2.19. The van der Waals surface area contributed by atoms with E-state index in [4.69, 9.17) is 9.56 Å². The molecule has 2 atom stereocenters. The van der Waals surface area contributed by atoms with Gasteiger partial charge in [0.15, 0.2) is 0 Å². The van der Waals surface area contributed by atoms with Crippen LogP contribution in [0.2, 0.25) is 0 Å². The highest BCUT2D eigenvalue weighted by atomic mass is 31.1. The Kier molecular flexibility index (Phi) is 1.81. The molecule has 0 saturated carbocycles. The SMILES string of the molecule is CC1OOP(C)C1(C)C. The molecule has 2 nitrogen and oxygen atoms in total. The van der Waals surface area contributed by atoms with Gasteiger partial charge in [0.05, 0.1) is 8.15 Å². The second-order valence-corrected chi connectivity index (χ2v) is 5.26. The minimum atomic E-state index is -0.370. The summed E-state index contributed by atoms with van der Waals surface area (Å²) in [5.41, 5.74) is 0. The number of hydrogen-bond acceptors (Lipinski definition) is 2. The highest BCUT2D eigenvalue weighted by Crippen LogP contribution is 2.55. The molecule has 1 fully saturated rings. The topological polar surface area (TPSA) is 18.5 Å². The first kappa shape index (κ1) is 7.46. The summed E-state index contributed by atoms with van der Waals surface area (Å²) in [4.78, 5) is 5.01. The third-order valence-corrected chi connectivity index (χ3v) is 4.40. The molecular formula is C6H13O2P. The van der Waals surface area contributed by atoms with Crippen molar-refractivity contribution < 1.29 is 9.56 Å². The third kappa shape index (κ3) is 1.12. The monoisotopic (exact) mass is 148 g/mol. The Labute approximate surface area is 57.3 Å². The first-order valence-corrected chi connectivity index (χ1v) is 4.83. The van der Waals surface area contributed by atoms with Gasteiger partial charge in [0.2, 0.25) is 0 Å². The van der Waals surface area contributed by atoms with Gasteiger partial charge < -0.3 is 0 Å². The van der Waals surface area contributed by atoms with Crippen molar-refractivity contribution in [1.82, 2.24) is 0 Å². The molecule has 1 saturated heterocycles. The van der Waals surface area contributed by atoms with E-state index in [2.05, 4.69) is 20.5 Å². The van der Waals surface area contributed by atoms with Crippen molar-refractivity contribution in [2.45, 2.75) is 32.0 Å². The minimum absolute atomic E-state index is 0.231. The maximum absolute atomic E-state index is 5.05. The maximum Gasteiger partial charge on any atom is 0.102 e. The molecule has 0 amide bonds. The average Bonchev–Trinajstić information content (AvgIpc) is 1.96. The van der Waals surface area contributed by atoms with Crippen molar-refractivity contribution in [2.75, 3.05) is 6.66 Å². The van der Waals surface area contributed by atoms with Crippen molar-refractivity contribution in [3.05, 3.63) is 0 Å². The molecule has 0 bridgehead atoms. The Balaban J connectivity index is 2.66. The van der Waals surface area contributed by atoms with E-state index in [1.54, 1.807) is 0 Å². The Morgan fingerprint density at radius 1 is 1.44 bits per heavy atom. The van der Waals surface area contributed by atoms with E-state index >= 15 is 0 Å². The van der Waals surface area contributed by atoms with Gasteiger partial charge in [0.1, 0.15) is 6.10 Å². The summed E-state index contributed by atoms with van der Waals surface area (Å²) in [6, 6.07) is 0. The normalized spacial score (nSPS) is 41.3. The molecule has 3 heteroatoms. The molecule has 9 heavy (non-hydrogen) atoms. The van der Waals surface area contributed by atoms with Crippen LogP contribution in [-0.2, 0) is 9.56 Å². The molecule has 1 rings (SSSR count). The number of rotatable bonds is 0. The molecule has 1 aliphatic rings. The zero-order chi connectivity index (χ0) is 7.07. The van der Waals surface area contributed by atoms with Gasteiger partial charge in [-0.2, -0.15) is 0 Å². The fraction of sp³-hybridized carbons (Fsp3) is 1.00. The largest absolute Gasteiger partial charge is 0.229 e. The van der Waals surface area contributed by atoms with Gasteiger partial charge in [-0.05, 0) is 13.6 Å². The highest BCUT2D eigenvalue weighted by Gasteiger charge is 2.41. The van der Waals surface area contributed by atoms with Crippen molar-refractivity contribution in [1.29, 1.82) is 0 Å². The van der Waals surface area contributed by atoms with Gasteiger partial charge in [0, 0.05) is 5.16 Å². The van der Waals surface area contributed by atoms with E-state index < -0.39 is 0 Å². The lowest BCUT2D eigenvalue weighted by molar-refractivity contribution is -0.213. The van der Waals surface area contributed by atoms with E-state index in [0.29, 0.717) is 0 Å². The molecule has 0 spiro atoms. The Morgan fingerprint density at radius 3 is 2.11 bits per heavy atom. The minimum Gasteiger partial charge on any atom is -0.229 e. The van der Waals surface area contributed by atoms with Gasteiger partial charge in [-0.1, -0.05) is 13.8 Å². The summed E-state index contributed by atoms with van der Waals surface area (Å²) in [6.45, 7) is 8.50. The van der Waals surface area contributed by atoms with E-state index in [1.165, 1.54) is 0 Å². The first-order chi connectivity index (χ1) is 4.05. The van der Waals surface area contributed by atoms with Gasteiger partial charge in [0.25, 0.3) is 0 Å². The number of hydrogen-bond donors (Lipinski definition) is 0. The summed E-state index contributed by atoms with van der Waals surface area (Å²) in [6.07, 6.45) is 0.244. The van der Waals surface area contributed by atoms with E-state index in [-0.39, 0.29) is 19.4 Å². The van der Waals surface area contributed by atoms with Crippen LogP contribution < -0.4 is 0 Å². The van der Waals surface area contributed by atoms with Gasteiger partial charge in [-0.3, -0.25) is 0 Å². The molecule has 0 aromatic carbocycles. The molecule has 0 aliphatic carbocycles. The van der Waals surface area contributed by atoms with Crippen LogP contribution in [0.15, 0.2) is 0 Å². The molecule has 1 heterocycles. The second-order valence-electron chi connectivity index (χ2n) is 2.96. The van der Waals surface area contributed by atoms with E-state index in [9.17, 15) is 0 Å². The van der Waals surface area contributed by atoms with E-state index in [0.717, 1.165) is 0 Å². The van der Waals surface area contributed by atoms with E-state index in [1.807, 2.05) is 6.92 Å². The molecule has 0 aromatic heterocycles. The maximum atomic E-state index is 5.05. The zero-order valence-electron chi connectivity index (χ0n) is 6.34. The van der Waals surface area contributed by atoms with Crippen molar-refractivity contribution in [3.63, 3.8) is 0 Å². The lowest BCUT2D eigenvalue weighted by Crippen LogP contribution is -2.26. The molecule has 2 unspecified atom stereocenters. The third-order valence-electron chi connectivity index (χ3n) is 2.11. The van der Waals surface area contributed by atoms with Crippen LogP contribution in [0.25, 0.3) is 0 Å². The summed E-state index contributed by atoms with van der Waals surface area (Å²) >= 11 is 0. The van der Waals surface area contributed by atoms with Crippen LogP contribution in [0.3, 0.4) is 0 Å². The van der Waals surface area contributed by atoms with Gasteiger partial charge >= 0.3 is 0 Å². The summed E-state index contributed by atoms with van der Waals surface area (Å²) in [7, 11) is -0.370. The molecular weight excluding hydrogens is 135 g/mol. The Hall–Kier alpha value is 0.350. The van der Waals surface area contributed by atoms with Gasteiger partial charge in [-0.15, -0.1) is 0 Å². The molecule has 0 aromatic rings. The van der Waals surface area contributed by atoms with Gasteiger partial charge in [-0.25, -0.2) is 9.56 Å². The fourth-order valence-electron chi connectivity index (χ4n) is 0.599. The smallest absolute Gasteiger partial charge is 0.102 e. The quantitative estimate of drug-likeness (QED) is 0.387. The van der Waals surface area contributed by atoms with Crippen LogP contribution in [0.1, 0.15) is 20.8 Å². The summed E-state index contributed by atoms with van der Waals surface area (Å²) in [5.74, 6) is 0. The van der Waals surface area contributed by atoms with Crippen LogP contribution in [0, 0.1) is 0 Å². The molecule has 54 valence electrons. The van der Waals surface area contributed by atoms with Crippen molar-refractivity contribution in [3.8, 4) is 0 Å². The van der Waals surface area contributed by atoms with Crippen molar-refractivity contribution in [2.24, 2.45) is 0 Å². The fourth-order valence-corrected chi connectivity index (χ4v) is 1.60. The first-order valence-electron chi connectivity index (χ1n) is 3.12. The van der Waals surface area contributed by atoms with Crippen LogP contribution in [0.4, 0.5) is 0 Å². The Morgan fingerprint density at radius 2 is 2.00 bits per heavy atom. The standard InChI is InChI=1S/C6H13O2P/c1-5-6(2,3)9(4)8-7-5/h5H,1-4H3. The zero-order valence-corrected chi connectivity index (χ0v) is 7.24. The summed E-state index contributed by atoms with van der Waals surface area (Å²) < 4.78 is 5.05. The lowest BCUT2D eigenvalue weighted by atomic mass is 10.1. The Bertz CT molecular complexity index is 102. The summed E-state index contributed by atoms with van der Waals surface area (Å²) in [5, 5.41) is 0.231. The van der Waals surface area contributed by atoms with Crippen molar-refractivity contribution >= 4 is 8.15 Å². The lowest BCUT2D eigenvalue weighted by Gasteiger charge is -2.21. The average molecular weight is 148 g/mol. The molecule has 0 N–H and O–H groups in total. The highest BCUT2D eigenvalue weighted by molar-refractivity contribution is 7.53. The van der Waals surface area contributed by atoms with Crippen LogP contribution in [-0.4, -0.2) is 17.9 Å².